The molecule has 1 aromatic carbocycles. The van der Waals surface area contributed by atoms with Crippen LogP contribution in [0.2, 0.25) is 0 Å². The molecule has 0 bridgehead atoms. The van der Waals surface area contributed by atoms with Gasteiger partial charge < -0.3 is 9.73 Å². The van der Waals surface area contributed by atoms with E-state index in [2.05, 4.69) is 15.5 Å². The zero-order valence-electron chi connectivity index (χ0n) is 12.2. The summed E-state index contributed by atoms with van der Waals surface area (Å²) in [6.07, 6.45) is 0. The van der Waals surface area contributed by atoms with Crippen LogP contribution in [0.4, 0.5) is 14.5 Å². The molecule has 0 aliphatic heterocycles. The van der Waals surface area contributed by atoms with Crippen molar-refractivity contribution in [3.8, 4) is 10.8 Å². The molecule has 1 amide bonds. The minimum atomic E-state index is -0.806. The lowest BCUT2D eigenvalue weighted by molar-refractivity contribution is 0.102. The first kappa shape index (κ1) is 15.3. The Bertz CT molecular complexity index is 868. The van der Waals surface area contributed by atoms with Crippen molar-refractivity contribution in [3.63, 3.8) is 0 Å². The van der Waals surface area contributed by atoms with Crippen LogP contribution in [-0.4, -0.2) is 16.1 Å². The molecule has 0 atom stereocenters. The normalized spacial score (nSPS) is 10.8. The number of benzene rings is 1. The Morgan fingerprint density at radius 3 is 2.43 bits per heavy atom. The van der Waals surface area contributed by atoms with Crippen LogP contribution >= 0.6 is 11.3 Å². The van der Waals surface area contributed by atoms with Crippen molar-refractivity contribution in [2.45, 2.75) is 13.8 Å². The highest BCUT2D eigenvalue weighted by atomic mass is 32.1. The van der Waals surface area contributed by atoms with Crippen molar-refractivity contribution < 1.29 is 18.0 Å². The number of amides is 1. The third-order valence-electron chi connectivity index (χ3n) is 3.03. The summed E-state index contributed by atoms with van der Waals surface area (Å²) in [6.45, 7) is 3.48. The van der Waals surface area contributed by atoms with Crippen LogP contribution in [0.25, 0.3) is 10.8 Å². The number of aryl methyl sites for hydroxylation is 2. The molecule has 2 heterocycles. The summed E-state index contributed by atoms with van der Waals surface area (Å²) in [7, 11) is 0. The highest BCUT2D eigenvalue weighted by molar-refractivity contribution is 7.15. The molecule has 23 heavy (non-hydrogen) atoms. The predicted octanol–water partition coefficient (Wildman–Crippen LogP) is 3.95. The molecule has 0 fully saturated rings. The van der Waals surface area contributed by atoms with Gasteiger partial charge in [0.1, 0.15) is 11.6 Å². The summed E-state index contributed by atoms with van der Waals surface area (Å²) in [6, 6.07) is 4.34. The Kier molecular flexibility index (Phi) is 3.91. The van der Waals surface area contributed by atoms with Crippen molar-refractivity contribution in [2.24, 2.45) is 0 Å². The van der Waals surface area contributed by atoms with Crippen LogP contribution < -0.4 is 5.32 Å². The molecule has 0 aliphatic carbocycles. The minimum absolute atomic E-state index is 0.0942. The molecule has 8 heteroatoms. The number of anilines is 1. The lowest BCUT2D eigenvalue weighted by atomic mass is 10.2. The predicted molar refractivity (Wildman–Crippen MR) is 81.4 cm³/mol. The van der Waals surface area contributed by atoms with E-state index in [9.17, 15) is 13.6 Å². The third kappa shape index (κ3) is 3.26. The van der Waals surface area contributed by atoms with Gasteiger partial charge in [-0.05, 0) is 25.1 Å². The number of rotatable bonds is 3. The van der Waals surface area contributed by atoms with Gasteiger partial charge in [-0.3, -0.25) is 4.79 Å². The van der Waals surface area contributed by atoms with E-state index in [0.717, 1.165) is 17.0 Å². The topological polar surface area (TPSA) is 68.0 Å². The van der Waals surface area contributed by atoms with Crippen molar-refractivity contribution in [3.05, 3.63) is 52.2 Å². The number of nitrogens with one attached hydrogen (secondary N) is 1. The number of thiophene rings is 1. The zero-order chi connectivity index (χ0) is 16.6. The molecule has 0 radical (unpaired) electrons. The highest BCUT2D eigenvalue weighted by Crippen LogP contribution is 2.33. The summed E-state index contributed by atoms with van der Waals surface area (Å²) in [4.78, 5) is 13.6. The van der Waals surface area contributed by atoms with Gasteiger partial charge in [0.25, 0.3) is 11.8 Å². The molecule has 0 saturated heterocycles. The number of halogens is 2. The van der Waals surface area contributed by atoms with E-state index in [1.165, 1.54) is 11.3 Å². The second-order valence-electron chi connectivity index (χ2n) is 4.82. The fraction of sp³-hybridized carbons (Fsp3) is 0.133. The van der Waals surface area contributed by atoms with Gasteiger partial charge in [0.05, 0.1) is 10.6 Å². The van der Waals surface area contributed by atoms with Crippen molar-refractivity contribution in [1.29, 1.82) is 0 Å². The molecule has 118 valence electrons. The summed E-state index contributed by atoms with van der Waals surface area (Å²) in [5, 5.41) is 10.3. The van der Waals surface area contributed by atoms with Crippen LogP contribution in [0.15, 0.2) is 28.7 Å². The van der Waals surface area contributed by atoms with E-state index in [4.69, 9.17) is 4.42 Å². The standard InChI is InChI=1S/C15H11F2N3O2S/c1-7-12(6-13(23-7)15-20-19-8(2)22-15)18-14(21)9-3-10(16)5-11(17)4-9/h3-6H,1-2H3,(H,18,21). The van der Waals surface area contributed by atoms with Gasteiger partial charge in [-0.2, -0.15) is 0 Å². The summed E-state index contributed by atoms with van der Waals surface area (Å²) < 4.78 is 31.7. The lowest BCUT2D eigenvalue weighted by Crippen LogP contribution is -2.12. The maximum Gasteiger partial charge on any atom is 0.257 e. The molecular formula is C15H11F2N3O2S. The van der Waals surface area contributed by atoms with Crippen LogP contribution in [0.3, 0.4) is 0 Å². The Balaban J connectivity index is 1.85. The third-order valence-corrected chi connectivity index (χ3v) is 4.07. The quantitative estimate of drug-likeness (QED) is 0.787. The second kappa shape index (κ2) is 5.88. The van der Waals surface area contributed by atoms with Crippen LogP contribution in [0, 0.1) is 25.5 Å². The minimum Gasteiger partial charge on any atom is -0.420 e. The Hall–Kier alpha value is -2.61. The van der Waals surface area contributed by atoms with Gasteiger partial charge in [0, 0.05) is 23.4 Å². The molecule has 5 nitrogen and oxygen atoms in total. The molecule has 0 saturated carbocycles. The molecule has 0 aliphatic rings. The number of nitrogens with zero attached hydrogens (tertiary/aromatic N) is 2. The first-order valence-electron chi connectivity index (χ1n) is 6.61. The Labute approximate surface area is 134 Å². The van der Waals surface area contributed by atoms with E-state index in [-0.39, 0.29) is 5.56 Å². The summed E-state index contributed by atoms with van der Waals surface area (Å²) >= 11 is 1.37. The van der Waals surface area contributed by atoms with Crippen LogP contribution in [0.1, 0.15) is 21.1 Å². The molecule has 3 rings (SSSR count). The van der Waals surface area contributed by atoms with Gasteiger partial charge >= 0.3 is 0 Å². The average molecular weight is 335 g/mol. The molecule has 1 N–H and O–H groups in total. The zero-order valence-corrected chi connectivity index (χ0v) is 13.0. The Morgan fingerprint density at radius 1 is 1.13 bits per heavy atom. The molecule has 3 aromatic rings. The first-order chi connectivity index (χ1) is 10.9. The van der Waals surface area contributed by atoms with E-state index in [1.807, 2.05) is 0 Å². The summed E-state index contributed by atoms with van der Waals surface area (Å²) in [5.74, 6) is -1.42. The van der Waals surface area contributed by atoms with Crippen molar-refractivity contribution in [1.82, 2.24) is 10.2 Å². The number of carbonyl (C=O) groups excluding carboxylic acids is 1. The number of carbonyl (C=O) groups is 1. The first-order valence-corrected chi connectivity index (χ1v) is 7.42. The van der Waals surface area contributed by atoms with Crippen molar-refractivity contribution in [2.75, 3.05) is 5.32 Å². The number of hydrogen-bond donors (Lipinski definition) is 1. The van der Waals surface area contributed by atoms with Gasteiger partial charge in [-0.1, -0.05) is 0 Å². The van der Waals surface area contributed by atoms with E-state index >= 15 is 0 Å². The maximum absolute atomic E-state index is 13.2. The largest absolute Gasteiger partial charge is 0.420 e. The van der Waals surface area contributed by atoms with Crippen LogP contribution in [0.5, 0.6) is 0 Å². The molecule has 2 aromatic heterocycles. The average Bonchev–Trinajstić information content (AvgIpc) is 3.05. The number of hydrogen-bond acceptors (Lipinski definition) is 5. The molecule has 0 unspecified atom stereocenters. The van der Waals surface area contributed by atoms with E-state index < -0.39 is 17.5 Å². The molecular weight excluding hydrogens is 324 g/mol. The van der Waals surface area contributed by atoms with Crippen LogP contribution in [-0.2, 0) is 0 Å². The van der Waals surface area contributed by atoms with Crippen molar-refractivity contribution >= 4 is 22.9 Å². The van der Waals surface area contributed by atoms with Gasteiger partial charge in [0.15, 0.2) is 0 Å². The fourth-order valence-electron chi connectivity index (χ4n) is 1.99. The smallest absolute Gasteiger partial charge is 0.257 e. The van der Waals surface area contributed by atoms with Gasteiger partial charge in [-0.25, -0.2) is 8.78 Å². The van der Waals surface area contributed by atoms with E-state index in [0.29, 0.717) is 28.4 Å². The fourth-order valence-corrected chi connectivity index (χ4v) is 2.88. The summed E-state index contributed by atoms with van der Waals surface area (Å²) in [5.41, 5.74) is 0.429. The Morgan fingerprint density at radius 2 is 1.83 bits per heavy atom. The van der Waals surface area contributed by atoms with E-state index in [1.54, 1.807) is 19.9 Å². The molecule has 0 spiro atoms. The maximum atomic E-state index is 13.2. The van der Waals surface area contributed by atoms with Gasteiger partial charge in [-0.15, -0.1) is 21.5 Å². The van der Waals surface area contributed by atoms with Gasteiger partial charge in [0.2, 0.25) is 5.89 Å². The SMILES string of the molecule is Cc1nnc(-c2cc(NC(=O)c3cc(F)cc(F)c3)c(C)s2)o1. The monoisotopic (exact) mass is 335 g/mol. The number of aromatic nitrogens is 2. The lowest BCUT2D eigenvalue weighted by Gasteiger charge is -2.04. The highest BCUT2D eigenvalue weighted by Gasteiger charge is 2.16. The second-order valence-corrected chi connectivity index (χ2v) is 6.08.